The zero-order chi connectivity index (χ0) is 23.3. The van der Waals surface area contributed by atoms with E-state index in [0.717, 1.165) is 18.4 Å². The number of aromatic nitrogens is 4. The van der Waals surface area contributed by atoms with Gasteiger partial charge in [-0.25, -0.2) is 9.07 Å². The van der Waals surface area contributed by atoms with Crippen LogP contribution in [-0.4, -0.2) is 39.1 Å². The van der Waals surface area contributed by atoms with Gasteiger partial charge in [-0.1, -0.05) is 24.3 Å². The average molecular weight is 453 g/mol. The summed E-state index contributed by atoms with van der Waals surface area (Å²) in [5.74, 6) is -3.99. The van der Waals surface area contributed by atoms with E-state index in [-0.39, 0.29) is 11.5 Å². The van der Waals surface area contributed by atoms with Gasteiger partial charge < -0.3 is 5.32 Å². The lowest BCUT2D eigenvalue weighted by atomic mass is 9.93. The van der Waals surface area contributed by atoms with Crippen molar-refractivity contribution in [1.29, 1.82) is 0 Å². The lowest BCUT2D eigenvalue weighted by Crippen LogP contribution is -2.25. The molecule has 0 radical (unpaired) electrons. The topological polar surface area (TPSA) is 75.6 Å². The molecule has 0 fully saturated rings. The normalized spacial score (nSPS) is 11.5. The molecule has 33 heavy (non-hydrogen) atoms. The Bertz CT molecular complexity index is 1210. The SMILES string of the molecule is O=C(NCCCc1cn[nH]c1)c1ccc(-n2cccn2)c(-c2ccccc2C(F)(F)CF)c1. The van der Waals surface area contributed by atoms with Crippen LogP contribution in [0.25, 0.3) is 16.8 Å². The molecule has 0 unspecified atom stereocenters. The maximum atomic E-state index is 14.4. The second kappa shape index (κ2) is 9.72. The molecular weight excluding hydrogens is 431 g/mol. The molecule has 0 spiro atoms. The highest BCUT2D eigenvalue weighted by Crippen LogP contribution is 2.38. The molecule has 4 aromatic rings. The Labute approximate surface area is 188 Å². The van der Waals surface area contributed by atoms with Gasteiger partial charge in [-0.05, 0) is 48.2 Å². The van der Waals surface area contributed by atoms with E-state index in [4.69, 9.17) is 0 Å². The lowest BCUT2D eigenvalue weighted by molar-refractivity contribution is -0.0275. The maximum Gasteiger partial charge on any atom is 0.301 e. The first-order chi connectivity index (χ1) is 16.0. The Balaban J connectivity index is 1.65. The van der Waals surface area contributed by atoms with Gasteiger partial charge in [0, 0.05) is 41.8 Å². The summed E-state index contributed by atoms with van der Waals surface area (Å²) in [7, 11) is 0. The summed E-state index contributed by atoms with van der Waals surface area (Å²) in [5, 5.41) is 13.7. The number of amides is 1. The summed E-state index contributed by atoms with van der Waals surface area (Å²) in [6.45, 7) is -1.38. The summed E-state index contributed by atoms with van der Waals surface area (Å²) in [6, 6.07) is 12.2. The molecule has 2 aromatic heterocycles. The molecule has 4 rings (SSSR count). The van der Waals surface area contributed by atoms with Crippen molar-refractivity contribution in [3.05, 3.63) is 90.0 Å². The van der Waals surface area contributed by atoms with Crippen LogP contribution in [0.5, 0.6) is 0 Å². The number of nitrogens with one attached hydrogen (secondary N) is 2. The monoisotopic (exact) mass is 453 g/mol. The van der Waals surface area contributed by atoms with Crippen molar-refractivity contribution in [2.24, 2.45) is 0 Å². The molecule has 2 heterocycles. The highest BCUT2D eigenvalue weighted by molar-refractivity contribution is 5.96. The molecule has 9 heteroatoms. The van der Waals surface area contributed by atoms with E-state index in [9.17, 15) is 18.0 Å². The molecule has 0 atom stereocenters. The summed E-state index contributed by atoms with van der Waals surface area (Å²) in [4.78, 5) is 12.8. The second-order valence-electron chi connectivity index (χ2n) is 7.53. The molecule has 0 saturated carbocycles. The van der Waals surface area contributed by atoms with E-state index in [1.807, 2.05) is 0 Å². The number of carbonyl (C=O) groups excluding carboxylic acids is 1. The third-order valence-corrected chi connectivity index (χ3v) is 5.27. The fourth-order valence-corrected chi connectivity index (χ4v) is 3.62. The average Bonchev–Trinajstić information content (AvgIpc) is 3.56. The van der Waals surface area contributed by atoms with Crippen molar-refractivity contribution >= 4 is 5.91 Å². The van der Waals surface area contributed by atoms with Gasteiger partial charge in [0.1, 0.15) is 0 Å². The Morgan fingerprint density at radius 1 is 1.12 bits per heavy atom. The van der Waals surface area contributed by atoms with Gasteiger partial charge >= 0.3 is 5.92 Å². The van der Waals surface area contributed by atoms with Crippen molar-refractivity contribution in [2.45, 2.75) is 18.8 Å². The first-order valence-electron chi connectivity index (χ1n) is 10.4. The minimum absolute atomic E-state index is 0.139. The van der Waals surface area contributed by atoms with Crippen molar-refractivity contribution in [2.75, 3.05) is 13.2 Å². The van der Waals surface area contributed by atoms with E-state index in [1.54, 1.807) is 49.1 Å². The Kier molecular flexibility index (Phi) is 6.58. The number of halogens is 3. The van der Waals surface area contributed by atoms with Crippen LogP contribution in [-0.2, 0) is 12.3 Å². The smallest absolute Gasteiger partial charge is 0.301 e. The van der Waals surface area contributed by atoms with Gasteiger partial charge in [-0.3, -0.25) is 9.89 Å². The fourth-order valence-electron chi connectivity index (χ4n) is 3.62. The summed E-state index contributed by atoms with van der Waals surface area (Å²) >= 11 is 0. The predicted octanol–water partition coefficient (Wildman–Crippen LogP) is 4.69. The van der Waals surface area contributed by atoms with E-state index >= 15 is 0 Å². The highest BCUT2D eigenvalue weighted by Gasteiger charge is 2.34. The first kappa shape index (κ1) is 22.3. The number of hydrogen-bond acceptors (Lipinski definition) is 3. The van der Waals surface area contributed by atoms with Gasteiger partial charge in [0.05, 0.1) is 11.9 Å². The number of benzene rings is 2. The molecule has 6 nitrogen and oxygen atoms in total. The fraction of sp³-hybridized carbons (Fsp3) is 0.208. The molecule has 0 aliphatic rings. The van der Waals surface area contributed by atoms with Crippen LogP contribution in [0.4, 0.5) is 13.2 Å². The van der Waals surface area contributed by atoms with E-state index in [1.165, 1.54) is 28.9 Å². The Hall–Kier alpha value is -3.88. The van der Waals surface area contributed by atoms with Gasteiger partial charge in [-0.15, -0.1) is 0 Å². The number of H-pyrrole nitrogens is 1. The van der Waals surface area contributed by atoms with E-state index < -0.39 is 18.2 Å². The van der Waals surface area contributed by atoms with Crippen LogP contribution in [0.3, 0.4) is 0 Å². The second-order valence-corrected chi connectivity index (χ2v) is 7.53. The summed E-state index contributed by atoms with van der Waals surface area (Å²) < 4.78 is 43.5. The van der Waals surface area contributed by atoms with Crippen molar-refractivity contribution in [3.63, 3.8) is 0 Å². The highest BCUT2D eigenvalue weighted by atomic mass is 19.3. The predicted molar refractivity (Wildman–Crippen MR) is 118 cm³/mol. The molecular formula is C24H22F3N5O. The number of rotatable bonds is 9. The number of carbonyl (C=O) groups is 1. The van der Waals surface area contributed by atoms with Crippen molar-refractivity contribution < 1.29 is 18.0 Å². The molecule has 0 aliphatic heterocycles. The molecule has 0 aliphatic carbocycles. The zero-order valence-electron chi connectivity index (χ0n) is 17.6. The number of aromatic amines is 1. The molecule has 2 N–H and O–H groups in total. The Morgan fingerprint density at radius 2 is 1.97 bits per heavy atom. The number of aryl methyl sites for hydroxylation is 1. The number of nitrogens with zero attached hydrogens (tertiary/aromatic N) is 3. The number of alkyl halides is 3. The molecule has 1 amide bonds. The Morgan fingerprint density at radius 3 is 2.70 bits per heavy atom. The van der Waals surface area contributed by atoms with Crippen LogP contribution < -0.4 is 5.32 Å². The van der Waals surface area contributed by atoms with Crippen molar-refractivity contribution in [3.8, 4) is 16.8 Å². The van der Waals surface area contributed by atoms with Crippen LogP contribution in [0.1, 0.15) is 27.9 Å². The molecule has 2 aromatic carbocycles. The van der Waals surface area contributed by atoms with Crippen molar-refractivity contribution in [1.82, 2.24) is 25.3 Å². The van der Waals surface area contributed by atoms with Gasteiger partial charge in [0.25, 0.3) is 5.91 Å². The largest absolute Gasteiger partial charge is 0.352 e. The van der Waals surface area contributed by atoms with Gasteiger partial charge in [0.15, 0.2) is 6.67 Å². The number of hydrogen-bond donors (Lipinski definition) is 2. The third kappa shape index (κ3) is 4.97. The summed E-state index contributed by atoms with van der Waals surface area (Å²) in [5.41, 5.74) is 1.90. The summed E-state index contributed by atoms with van der Waals surface area (Å²) in [6.07, 6.45) is 8.23. The van der Waals surface area contributed by atoms with Crippen LogP contribution in [0, 0.1) is 0 Å². The van der Waals surface area contributed by atoms with Gasteiger partial charge in [-0.2, -0.15) is 19.0 Å². The minimum atomic E-state index is -3.66. The molecule has 0 saturated heterocycles. The van der Waals surface area contributed by atoms with Crippen LogP contribution in [0.2, 0.25) is 0 Å². The zero-order valence-corrected chi connectivity index (χ0v) is 17.6. The van der Waals surface area contributed by atoms with Gasteiger partial charge in [0.2, 0.25) is 0 Å². The third-order valence-electron chi connectivity index (χ3n) is 5.27. The molecule has 0 bridgehead atoms. The lowest BCUT2D eigenvalue weighted by Gasteiger charge is -2.19. The maximum absolute atomic E-state index is 14.4. The minimum Gasteiger partial charge on any atom is -0.352 e. The van der Waals surface area contributed by atoms with E-state index in [0.29, 0.717) is 23.4 Å². The quantitative estimate of drug-likeness (QED) is 0.361. The van der Waals surface area contributed by atoms with Crippen LogP contribution in [0.15, 0.2) is 73.3 Å². The standard InChI is InChI=1S/C24H22F3N5O/c25-16-24(26,27)21-7-2-1-6-19(21)20-13-18(8-9-22(20)32-12-4-11-31-32)23(33)28-10-3-5-17-14-29-30-15-17/h1-2,4,6-9,11-15H,3,5,10,16H2,(H,28,33)(H,29,30). The first-order valence-corrected chi connectivity index (χ1v) is 10.4. The van der Waals surface area contributed by atoms with Crippen LogP contribution >= 0.6 is 0 Å². The van der Waals surface area contributed by atoms with E-state index in [2.05, 4.69) is 20.6 Å². The molecule has 170 valence electrons.